The third-order valence-corrected chi connectivity index (χ3v) is 2.56. The molecule has 0 amide bonds. The van der Waals surface area contributed by atoms with Gasteiger partial charge in [-0.05, 0) is 12.1 Å². The Bertz CT molecular complexity index is 442. The number of halogens is 1. The molecule has 0 saturated heterocycles. The number of oxime groups is 1. The van der Waals surface area contributed by atoms with Crippen molar-refractivity contribution in [3.8, 4) is 5.75 Å². The normalized spacial score (nSPS) is 13.6. The van der Waals surface area contributed by atoms with E-state index in [0.717, 1.165) is 10.0 Å². The minimum absolute atomic E-state index is 0.285. The summed E-state index contributed by atoms with van der Waals surface area (Å²) in [7, 11) is 1.32. The molecule has 0 saturated carbocycles. The number of hydrogen-bond acceptors (Lipinski definition) is 4. The van der Waals surface area contributed by atoms with E-state index in [1.54, 1.807) is 0 Å². The Morgan fingerprint density at radius 1 is 1.60 bits per heavy atom. The molecule has 2 rings (SSSR count). The van der Waals surface area contributed by atoms with Crippen LogP contribution in [-0.4, -0.2) is 18.8 Å². The molecule has 1 aromatic rings. The largest absolute Gasteiger partial charge is 0.464 e. The molecule has 1 aliphatic heterocycles. The first kappa shape index (κ1) is 10.2. The number of carbonyl (C=O) groups is 1. The number of methoxy groups -OCH3 is 1. The van der Waals surface area contributed by atoms with Gasteiger partial charge in [-0.15, -0.1) is 0 Å². The second-order valence-electron chi connectivity index (χ2n) is 3.05. The minimum atomic E-state index is -0.455. The Morgan fingerprint density at radius 3 is 3.13 bits per heavy atom. The summed E-state index contributed by atoms with van der Waals surface area (Å²) >= 11 is 3.33. The van der Waals surface area contributed by atoms with Crippen LogP contribution in [0.5, 0.6) is 5.75 Å². The fraction of sp³-hybridized carbons (Fsp3) is 0.200. The van der Waals surface area contributed by atoms with Gasteiger partial charge in [-0.25, -0.2) is 4.79 Å². The second-order valence-corrected chi connectivity index (χ2v) is 3.97. The maximum atomic E-state index is 11.2. The van der Waals surface area contributed by atoms with Crippen molar-refractivity contribution in [1.82, 2.24) is 0 Å². The van der Waals surface area contributed by atoms with E-state index in [9.17, 15) is 4.79 Å². The second kappa shape index (κ2) is 4.02. The van der Waals surface area contributed by atoms with E-state index in [0.29, 0.717) is 12.2 Å². The predicted molar refractivity (Wildman–Crippen MR) is 57.9 cm³/mol. The average Bonchev–Trinajstić information content (AvgIpc) is 2.27. The van der Waals surface area contributed by atoms with Crippen molar-refractivity contribution in [3.05, 3.63) is 28.2 Å². The van der Waals surface area contributed by atoms with Crippen molar-refractivity contribution >= 4 is 27.6 Å². The van der Waals surface area contributed by atoms with Crippen LogP contribution in [0.2, 0.25) is 0 Å². The van der Waals surface area contributed by atoms with Gasteiger partial charge in [0.05, 0.1) is 7.11 Å². The first-order chi connectivity index (χ1) is 7.20. The number of nitrogens with zero attached hydrogens (tertiary/aromatic N) is 1. The highest BCUT2D eigenvalue weighted by Gasteiger charge is 2.20. The molecule has 1 aromatic carbocycles. The van der Waals surface area contributed by atoms with Crippen LogP contribution in [0.15, 0.2) is 27.8 Å². The number of fused-ring (bicyclic) bond motifs is 1. The van der Waals surface area contributed by atoms with Crippen LogP contribution in [0.25, 0.3) is 0 Å². The van der Waals surface area contributed by atoms with Gasteiger partial charge in [0.2, 0.25) is 0 Å². The van der Waals surface area contributed by atoms with Crippen LogP contribution in [0, 0.1) is 0 Å². The van der Waals surface area contributed by atoms with Gasteiger partial charge in [0, 0.05) is 16.5 Å². The van der Waals surface area contributed by atoms with Gasteiger partial charge >= 0.3 is 5.97 Å². The summed E-state index contributed by atoms with van der Waals surface area (Å²) in [6.07, 6.45) is 0.440. The van der Waals surface area contributed by atoms with Gasteiger partial charge in [0.1, 0.15) is 0 Å². The van der Waals surface area contributed by atoms with E-state index >= 15 is 0 Å². The Morgan fingerprint density at radius 2 is 2.40 bits per heavy atom. The zero-order valence-electron chi connectivity index (χ0n) is 7.99. The molecule has 1 heterocycles. The maximum absolute atomic E-state index is 11.2. The minimum Gasteiger partial charge on any atom is -0.464 e. The third kappa shape index (κ3) is 2.02. The number of ether oxygens (including phenoxy) is 1. The molecule has 0 aromatic heterocycles. The fourth-order valence-electron chi connectivity index (χ4n) is 1.30. The van der Waals surface area contributed by atoms with E-state index in [4.69, 9.17) is 4.84 Å². The summed E-state index contributed by atoms with van der Waals surface area (Å²) in [6, 6.07) is 5.59. The molecule has 5 heteroatoms. The molecular weight excluding hydrogens is 262 g/mol. The number of esters is 1. The van der Waals surface area contributed by atoms with E-state index in [1.807, 2.05) is 18.2 Å². The van der Waals surface area contributed by atoms with Crippen LogP contribution >= 0.6 is 15.9 Å². The summed E-state index contributed by atoms with van der Waals surface area (Å²) in [5.74, 6) is 0.209. The van der Waals surface area contributed by atoms with Crippen molar-refractivity contribution in [3.63, 3.8) is 0 Å². The summed E-state index contributed by atoms with van der Waals surface area (Å²) < 4.78 is 5.48. The molecule has 78 valence electrons. The summed E-state index contributed by atoms with van der Waals surface area (Å²) in [5, 5.41) is 3.70. The standard InChI is InChI=1S/C10H8BrNO3/c1-14-10(13)8-4-6-2-3-7(11)5-9(6)15-12-8/h2-3,5H,4H2,1H3. The summed E-state index contributed by atoms with van der Waals surface area (Å²) in [6.45, 7) is 0. The Balaban J connectivity index is 2.27. The van der Waals surface area contributed by atoms with Gasteiger partial charge < -0.3 is 9.57 Å². The van der Waals surface area contributed by atoms with Crippen molar-refractivity contribution in [1.29, 1.82) is 0 Å². The third-order valence-electron chi connectivity index (χ3n) is 2.06. The first-order valence-corrected chi connectivity index (χ1v) is 5.10. The molecular formula is C10H8BrNO3. The quantitative estimate of drug-likeness (QED) is 0.732. The highest BCUT2D eigenvalue weighted by atomic mass is 79.9. The average molecular weight is 270 g/mol. The highest BCUT2D eigenvalue weighted by molar-refractivity contribution is 9.10. The summed E-state index contributed by atoms with van der Waals surface area (Å²) in [4.78, 5) is 16.3. The van der Waals surface area contributed by atoms with Crippen molar-refractivity contribution in [2.75, 3.05) is 7.11 Å². The van der Waals surface area contributed by atoms with Crippen molar-refractivity contribution in [2.24, 2.45) is 5.16 Å². The molecule has 0 aliphatic carbocycles. The van der Waals surface area contributed by atoms with Gasteiger partial charge in [-0.2, -0.15) is 0 Å². The van der Waals surface area contributed by atoms with Crippen LogP contribution in [0.4, 0.5) is 0 Å². The molecule has 0 unspecified atom stereocenters. The molecule has 0 fully saturated rings. The molecule has 0 bridgehead atoms. The smallest absolute Gasteiger partial charge is 0.356 e. The lowest BCUT2D eigenvalue weighted by Gasteiger charge is -2.13. The van der Waals surface area contributed by atoms with Crippen LogP contribution in [-0.2, 0) is 16.0 Å². The molecule has 0 atom stereocenters. The molecule has 1 aliphatic rings. The van der Waals surface area contributed by atoms with Gasteiger partial charge in [0.25, 0.3) is 0 Å². The van der Waals surface area contributed by atoms with Crippen molar-refractivity contribution in [2.45, 2.75) is 6.42 Å². The zero-order valence-corrected chi connectivity index (χ0v) is 9.58. The first-order valence-electron chi connectivity index (χ1n) is 4.31. The van der Waals surface area contributed by atoms with E-state index in [-0.39, 0.29) is 5.71 Å². The Hall–Kier alpha value is -1.36. The number of carbonyl (C=O) groups excluding carboxylic acids is 1. The van der Waals surface area contributed by atoms with Gasteiger partial charge in [0.15, 0.2) is 11.5 Å². The van der Waals surface area contributed by atoms with Crippen LogP contribution in [0.1, 0.15) is 5.56 Å². The van der Waals surface area contributed by atoms with Gasteiger partial charge in [-0.1, -0.05) is 27.2 Å². The zero-order chi connectivity index (χ0) is 10.8. The van der Waals surface area contributed by atoms with Crippen LogP contribution in [0.3, 0.4) is 0 Å². The van der Waals surface area contributed by atoms with E-state index in [2.05, 4.69) is 25.8 Å². The van der Waals surface area contributed by atoms with Gasteiger partial charge in [-0.3, -0.25) is 0 Å². The molecule has 0 radical (unpaired) electrons. The lowest BCUT2D eigenvalue weighted by atomic mass is 10.1. The van der Waals surface area contributed by atoms with E-state index < -0.39 is 5.97 Å². The fourth-order valence-corrected chi connectivity index (χ4v) is 1.64. The number of rotatable bonds is 1. The SMILES string of the molecule is COC(=O)C1=NOc2cc(Br)ccc2C1. The van der Waals surface area contributed by atoms with E-state index in [1.165, 1.54) is 7.11 Å². The topological polar surface area (TPSA) is 47.9 Å². The Labute approximate surface area is 95.0 Å². The number of benzene rings is 1. The molecule has 15 heavy (non-hydrogen) atoms. The molecule has 4 nitrogen and oxygen atoms in total. The van der Waals surface area contributed by atoms with Crippen LogP contribution < -0.4 is 4.84 Å². The summed E-state index contributed by atoms with van der Waals surface area (Å²) in [5.41, 5.74) is 1.21. The number of hydrogen-bond donors (Lipinski definition) is 0. The highest BCUT2D eigenvalue weighted by Crippen LogP contribution is 2.27. The van der Waals surface area contributed by atoms with Crippen molar-refractivity contribution < 1.29 is 14.4 Å². The monoisotopic (exact) mass is 269 g/mol. The lowest BCUT2D eigenvalue weighted by Crippen LogP contribution is -2.22. The maximum Gasteiger partial charge on any atom is 0.356 e. The lowest BCUT2D eigenvalue weighted by molar-refractivity contribution is -0.133. The molecule has 0 spiro atoms. The Kier molecular flexibility index (Phi) is 2.73. The molecule has 0 N–H and O–H groups in total. The predicted octanol–water partition coefficient (Wildman–Crippen LogP) is 1.91.